The Morgan fingerprint density at radius 3 is 1.86 bits per heavy atom. The van der Waals surface area contributed by atoms with E-state index in [4.69, 9.17) is 4.74 Å². The Morgan fingerprint density at radius 1 is 0.621 bits per heavy atom. The molecule has 1 fully saturated rings. The fraction of sp³-hybridized carbons (Fsp3) is 0.308. The van der Waals surface area contributed by atoms with E-state index in [1.807, 2.05) is 36.4 Å². The van der Waals surface area contributed by atoms with E-state index in [2.05, 4.69) is 59.2 Å². The van der Waals surface area contributed by atoms with Gasteiger partial charge < -0.3 is 4.74 Å². The van der Waals surface area contributed by atoms with Crippen molar-refractivity contribution in [2.24, 2.45) is 0 Å². The van der Waals surface area contributed by atoms with Crippen LogP contribution in [0.2, 0.25) is 0 Å². The first-order valence-corrected chi connectivity index (χ1v) is 10.6. The lowest BCUT2D eigenvalue weighted by molar-refractivity contribution is 0.122. The zero-order chi connectivity index (χ0) is 19.9. The number of ether oxygens (including phenoxy) is 1. The minimum absolute atomic E-state index is 0.880. The van der Waals surface area contributed by atoms with Gasteiger partial charge in [-0.1, -0.05) is 61.5 Å². The molecule has 0 bridgehead atoms. The Balaban J connectivity index is 1.27. The van der Waals surface area contributed by atoms with Crippen molar-refractivity contribution in [2.45, 2.75) is 26.4 Å². The standard InChI is InChI=1S/C26H30N2O/c1-2-22-11-13-23(14-12-22)20-27-15-17-28(18-16-27)21-24-7-6-10-26(19-24)29-25-8-4-3-5-9-25/h3-14,19H,2,15-18,20-21H2,1H3. The fourth-order valence-corrected chi connectivity index (χ4v) is 3.83. The molecule has 3 heteroatoms. The first-order valence-electron chi connectivity index (χ1n) is 10.6. The number of hydrogen-bond donors (Lipinski definition) is 0. The summed E-state index contributed by atoms with van der Waals surface area (Å²) < 4.78 is 5.98. The van der Waals surface area contributed by atoms with Gasteiger partial charge in [-0.15, -0.1) is 0 Å². The molecule has 0 amide bonds. The summed E-state index contributed by atoms with van der Waals surface area (Å²) in [6.07, 6.45) is 1.11. The van der Waals surface area contributed by atoms with Crippen molar-refractivity contribution in [3.63, 3.8) is 0 Å². The highest BCUT2D eigenvalue weighted by Gasteiger charge is 2.17. The molecule has 1 saturated heterocycles. The third-order valence-electron chi connectivity index (χ3n) is 5.59. The lowest BCUT2D eigenvalue weighted by Crippen LogP contribution is -2.45. The molecule has 4 rings (SSSR count). The van der Waals surface area contributed by atoms with Crippen LogP contribution >= 0.6 is 0 Å². The van der Waals surface area contributed by atoms with Crippen LogP contribution in [0.4, 0.5) is 0 Å². The van der Waals surface area contributed by atoms with Gasteiger partial charge in [-0.2, -0.15) is 0 Å². The highest BCUT2D eigenvalue weighted by Crippen LogP contribution is 2.22. The fourth-order valence-electron chi connectivity index (χ4n) is 3.83. The Bertz CT molecular complexity index is 884. The maximum absolute atomic E-state index is 5.98. The Morgan fingerprint density at radius 2 is 1.21 bits per heavy atom. The Kier molecular flexibility index (Phi) is 6.60. The smallest absolute Gasteiger partial charge is 0.127 e. The van der Waals surface area contributed by atoms with Crippen LogP contribution in [0.15, 0.2) is 78.9 Å². The number of rotatable bonds is 7. The van der Waals surface area contributed by atoms with Crippen molar-refractivity contribution in [1.82, 2.24) is 9.80 Å². The maximum atomic E-state index is 5.98. The van der Waals surface area contributed by atoms with Crippen molar-refractivity contribution in [2.75, 3.05) is 26.2 Å². The van der Waals surface area contributed by atoms with Crippen molar-refractivity contribution in [3.8, 4) is 11.5 Å². The molecule has 1 aliphatic heterocycles. The van der Waals surface area contributed by atoms with Gasteiger partial charge in [0.15, 0.2) is 0 Å². The summed E-state index contributed by atoms with van der Waals surface area (Å²) in [5.41, 5.74) is 4.14. The minimum atomic E-state index is 0.880. The van der Waals surface area contributed by atoms with E-state index in [0.29, 0.717) is 0 Å². The zero-order valence-corrected chi connectivity index (χ0v) is 17.3. The van der Waals surface area contributed by atoms with Gasteiger partial charge in [0.25, 0.3) is 0 Å². The molecule has 1 heterocycles. The van der Waals surface area contributed by atoms with E-state index in [1.165, 1.54) is 16.7 Å². The number of piperazine rings is 1. The van der Waals surface area contributed by atoms with Crippen LogP contribution in [0.25, 0.3) is 0 Å². The molecule has 0 aliphatic carbocycles. The van der Waals surface area contributed by atoms with Crippen molar-refractivity contribution in [3.05, 3.63) is 95.6 Å². The molecule has 3 aromatic rings. The summed E-state index contributed by atoms with van der Waals surface area (Å²) in [7, 11) is 0. The predicted octanol–water partition coefficient (Wildman–Crippen LogP) is 5.36. The number of aryl methyl sites for hydroxylation is 1. The Labute approximate surface area is 174 Å². The summed E-state index contributed by atoms with van der Waals surface area (Å²) >= 11 is 0. The maximum Gasteiger partial charge on any atom is 0.127 e. The normalized spacial score (nSPS) is 15.3. The van der Waals surface area contributed by atoms with Gasteiger partial charge in [-0.25, -0.2) is 0 Å². The Hall–Kier alpha value is -2.62. The number of para-hydroxylation sites is 1. The van der Waals surface area contributed by atoms with Gasteiger partial charge in [0.2, 0.25) is 0 Å². The van der Waals surface area contributed by atoms with E-state index in [-0.39, 0.29) is 0 Å². The molecule has 0 saturated carbocycles. The van der Waals surface area contributed by atoms with Gasteiger partial charge in [0.1, 0.15) is 11.5 Å². The van der Waals surface area contributed by atoms with E-state index in [0.717, 1.165) is 57.2 Å². The first-order chi connectivity index (χ1) is 14.3. The van der Waals surface area contributed by atoms with Crippen LogP contribution in [0.5, 0.6) is 11.5 Å². The largest absolute Gasteiger partial charge is 0.457 e. The molecule has 29 heavy (non-hydrogen) atoms. The minimum Gasteiger partial charge on any atom is -0.457 e. The van der Waals surface area contributed by atoms with Crippen LogP contribution in [-0.4, -0.2) is 36.0 Å². The molecule has 150 valence electrons. The molecule has 0 N–H and O–H groups in total. The van der Waals surface area contributed by atoms with Gasteiger partial charge in [0, 0.05) is 39.3 Å². The van der Waals surface area contributed by atoms with Crippen LogP contribution in [0.3, 0.4) is 0 Å². The van der Waals surface area contributed by atoms with E-state index >= 15 is 0 Å². The average molecular weight is 387 g/mol. The van der Waals surface area contributed by atoms with Gasteiger partial charge >= 0.3 is 0 Å². The third-order valence-corrected chi connectivity index (χ3v) is 5.59. The molecule has 3 nitrogen and oxygen atoms in total. The van der Waals surface area contributed by atoms with Crippen LogP contribution < -0.4 is 4.74 Å². The van der Waals surface area contributed by atoms with Crippen molar-refractivity contribution < 1.29 is 4.74 Å². The quantitative estimate of drug-likeness (QED) is 0.544. The van der Waals surface area contributed by atoms with Gasteiger partial charge in [-0.05, 0) is 47.4 Å². The van der Waals surface area contributed by atoms with E-state index in [9.17, 15) is 0 Å². The molecule has 1 aliphatic rings. The predicted molar refractivity (Wildman–Crippen MR) is 119 cm³/mol. The molecular formula is C26H30N2O. The van der Waals surface area contributed by atoms with Crippen LogP contribution in [-0.2, 0) is 19.5 Å². The SMILES string of the molecule is CCc1ccc(CN2CCN(Cc3cccc(Oc4ccccc4)c3)CC2)cc1. The second-order valence-electron chi connectivity index (χ2n) is 7.78. The van der Waals surface area contributed by atoms with Crippen molar-refractivity contribution >= 4 is 0 Å². The molecule has 0 aromatic heterocycles. The lowest BCUT2D eigenvalue weighted by atomic mass is 10.1. The summed E-state index contributed by atoms with van der Waals surface area (Å²) in [4.78, 5) is 5.10. The number of benzene rings is 3. The monoisotopic (exact) mass is 386 g/mol. The molecule has 0 atom stereocenters. The summed E-state index contributed by atoms with van der Waals surface area (Å²) in [6, 6.07) is 27.5. The summed E-state index contributed by atoms with van der Waals surface area (Å²) in [6.45, 7) is 8.69. The third kappa shape index (κ3) is 5.69. The highest BCUT2D eigenvalue weighted by atomic mass is 16.5. The van der Waals surface area contributed by atoms with Crippen molar-refractivity contribution in [1.29, 1.82) is 0 Å². The summed E-state index contributed by atoms with van der Waals surface area (Å²) in [5, 5.41) is 0. The lowest BCUT2D eigenvalue weighted by Gasteiger charge is -2.34. The number of hydrogen-bond acceptors (Lipinski definition) is 3. The van der Waals surface area contributed by atoms with Gasteiger partial charge in [-0.3, -0.25) is 9.80 Å². The number of nitrogens with zero attached hydrogens (tertiary/aromatic N) is 2. The second kappa shape index (κ2) is 9.73. The topological polar surface area (TPSA) is 15.7 Å². The molecule has 0 radical (unpaired) electrons. The highest BCUT2D eigenvalue weighted by molar-refractivity contribution is 5.33. The first kappa shape index (κ1) is 19.7. The molecule has 3 aromatic carbocycles. The molecular weight excluding hydrogens is 356 g/mol. The molecule has 0 unspecified atom stereocenters. The van der Waals surface area contributed by atoms with E-state index in [1.54, 1.807) is 0 Å². The molecule has 0 spiro atoms. The van der Waals surface area contributed by atoms with Crippen LogP contribution in [0, 0.1) is 0 Å². The second-order valence-corrected chi connectivity index (χ2v) is 7.78. The van der Waals surface area contributed by atoms with Gasteiger partial charge in [0.05, 0.1) is 0 Å². The van der Waals surface area contributed by atoms with E-state index < -0.39 is 0 Å². The zero-order valence-electron chi connectivity index (χ0n) is 17.3. The average Bonchev–Trinajstić information content (AvgIpc) is 2.77. The summed E-state index contributed by atoms with van der Waals surface area (Å²) in [5.74, 6) is 1.79. The van der Waals surface area contributed by atoms with Crippen LogP contribution in [0.1, 0.15) is 23.6 Å².